The highest BCUT2D eigenvalue weighted by molar-refractivity contribution is 5.94. The van der Waals surface area contributed by atoms with Crippen LogP contribution in [0.25, 0.3) is 0 Å². The first-order valence-corrected chi connectivity index (χ1v) is 11.4. The second-order valence-electron chi connectivity index (χ2n) is 8.32. The molecule has 2 aliphatic rings. The maximum Gasteiger partial charge on any atom is 0.253 e. The van der Waals surface area contributed by atoms with Crippen LogP contribution in [0.1, 0.15) is 21.5 Å². The maximum absolute atomic E-state index is 12.6. The van der Waals surface area contributed by atoms with Gasteiger partial charge in [-0.15, -0.1) is 0 Å². The Morgan fingerprint density at radius 2 is 1.60 bits per heavy atom. The Bertz CT molecular complexity index is 1280. The van der Waals surface area contributed by atoms with Gasteiger partial charge in [0.05, 0.1) is 12.8 Å². The van der Waals surface area contributed by atoms with Crippen LogP contribution in [0, 0.1) is 23.7 Å². The van der Waals surface area contributed by atoms with E-state index in [1.165, 1.54) is 6.26 Å². The minimum atomic E-state index is 0.0531. The molecular formula is C29H27N3O3. The Labute approximate surface area is 206 Å². The van der Waals surface area contributed by atoms with Gasteiger partial charge >= 0.3 is 0 Å². The van der Waals surface area contributed by atoms with Crippen LogP contribution in [0.5, 0.6) is 0 Å². The molecule has 2 heterocycles. The Balaban J connectivity index is 1.29. The van der Waals surface area contributed by atoms with Crippen LogP contribution < -0.4 is 5.32 Å². The van der Waals surface area contributed by atoms with E-state index < -0.39 is 0 Å². The fourth-order valence-electron chi connectivity index (χ4n) is 3.59. The van der Waals surface area contributed by atoms with Crippen molar-refractivity contribution in [2.24, 2.45) is 0 Å². The van der Waals surface area contributed by atoms with Crippen molar-refractivity contribution in [3.63, 3.8) is 0 Å². The molecule has 0 bridgehead atoms. The van der Waals surface area contributed by atoms with E-state index in [4.69, 9.17) is 4.74 Å². The first kappa shape index (κ1) is 23.8. The molecule has 2 aromatic carbocycles. The highest BCUT2D eigenvalue weighted by atomic mass is 16.5. The van der Waals surface area contributed by atoms with Gasteiger partial charge in [0.15, 0.2) is 11.5 Å². The molecule has 6 nitrogen and oxygen atoms in total. The average molecular weight is 466 g/mol. The summed E-state index contributed by atoms with van der Waals surface area (Å²) in [6.07, 6.45) is 3.11. The molecule has 2 aliphatic heterocycles. The number of likely N-dealkylation sites (N-methyl/N-ethyl adjacent to an activating group) is 1. The number of nitrogens with zero attached hydrogens (tertiary/aromatic N) is 2. The van der Waals surface area contributed by atoms with E-state index in [1.807, 2.05) is 53.4 Å². The summed E-state index contributed by atoms with van der Waals surface area (Å²) >= 11 is 0. The van der Waals surface area contributed by atoms with E-state index in [0.29, 0.717) is 23.4 Å². The second-order valence-corrected chi connectivity index (χ2v) is 8.32. The van der Waals surface area contributed by atoms with Crippen molar-refractivity contribution in [3.05, 3.63) is 101 Å². The van der Waals surface area contributed by atoms with Crippen molar-refractivity contribution in [2.45, 2.75) is 0 Å². The molecule has 0 aliphatic carbocycles. The fourth-order valence-corrected chi connectivity index (χ4v) is 3.59. The van der Waals surface area contributed by atoms with Gasteiger partial charge in [0.1, 0.15) is 0 Å². The number of aliphatic hydroxyl groups excluding tert-OH is 1. The predicted octanol–water partition coefficient (Wildman–Crippen LogP) is 3.76. The molecule has 0 atom stereocenters. The molecule has 0 aromatic heterocycles. The molecule has 0 unspecified atom stereocenters. The number of ether oxygens (including phenoxy) is 1. The van der Waals surface area contributed by atoms with Gasteiger partial charge in [-0.25, -0.2) is 0 Å². The van der Waals surface area contributed by atoms with Crippen molar-refractivity contribution in [3.8, 4) is 23.7 Å². The van der Waals surface area contributed by atoms with Gasteiger partial charge in [0.25, 0.3) is 5.91 Å². The Morgan fingerprint density at radius 3 is 2.23 bits per heavy atom. The van der Waals surface area contributed by atoms with Crippen LogP contribution in [-0.2, 0) is 4.74 Å². The zero-order valence-electron chi connectivity index (χ0n) is 19.7. The van der Waals surface area contributed by atoms with E-state index in [9.17, 15) is 9.90 Å². The minimum absolute atomic E-state index is 0.0531. The lowest BCUT2D eigenvalue weighted by Crippen LogP contribution is -2.47. The lowest BCUT2D eigenvalue weighted by molar-refractivity contribution is 0.0664. The van der Waals surface area contributed by atoms with Crippen LogP contribution in [0.15, 0.2) is 84.5 Å². The molecule has 0 radical (unpaired) electrons. The Morgan fingerprint density at radius 1 is 1.00 bits per heavy atom. The van der Waals surface area contributed by atoms with Crippen molar-refractivity contribution < 1.29 is 14.6 Å². The number of anilines is 1. The number of aliphatic hydroxyl groups is 1. The third-order valence-corrected chi connectivity index (χ3v) is 5.78. The number of amides is 1. The number of carbonyl (C=O) groups is 1. The third-order valence-electron chi connectivity index (χ3n) is 5.78. The molecule has 6 heteroatoms. The normalized spacial score (nSPS) is 15.5. The smallest absolute Gasteiger partial charge is 0.253 e. The number of nitrogens with one attached hydrogen (secondary N) is 1. The summed E-state index contributed by atoms with van der Waals surface area (Å²) in [4.78, 5) is 16.7. The molecular weight excluding hydrogens is 438 g/mol. The van der Waals surface area contributed by atoms with E-state index >= 15 is 0 Å². The van der Waals surface area contributed by atoms with Crippen LogP contribution in [0.3, 0.4) is 0 Å². The van der Waals surface area contributed by atoms with Crippen LogP contribution in [-0.4, -0.2) is 60.6 Å². The zero-order chi connectivity index (χ0) is 24.6. The summed E-state index contributed by atoms with van der Waals surface area (Å²) in [7, 11) is 2.07. The molecule has 35 heavy (non-hydrogen) atoms. The molecule has 176 valence electrons. The van der Waals surface area contributed by atoms with Gasteiger partial charge in [0.2, 0.25) is 0 Å². The standard InChI is InChI=1S/C29H27N3O3/c1-22-15-20-35-27(28(22)33)21-30-26-13-9-24(10-14-26)6-4-3-5-23-7-11-25(12-8-23)29(34)32-18-16-31(2)17-19-32/h7-15,20,30,33H,1,16-19,21H2,2H3. The quantitative estimate of drug-likeness (QED) is 0.674. The molecule has 1 fully saturated rings. The first-order valence-electron chi connectivity index (χ1n) is 11.4. The molecule has 0 spiro atoms. The lowest BCUT2D eigenvalue weighted by Gasteiger charge is -2.32. The largest absolute Gasteiger partial charge is 0.504 e. The van der Waals surface area contributed by atoms with Gasteiger partial charge in [0, 0.05) is 54.1 Å². The Hall–Kier alpha value is -4.39. The van der Waals surface area contributed by atoms with Gasteiger partial charge < -0.3 is 25.0 Å². The summed E-state index contributed by atoms with van der Waals surface area (Å²) in [6, 6.07) is 14.9. The monoisotopic (exact) mass is 465 g/mol. The number of carbonyl (C=O) groups excluding carboxylic acids is 1. The maximum atomic E-state index is 12.6. The van der Waals surface area contributed by atoms with Gasteiger partial charge in [-0.2, -0.15) is 0 Å². The van der Waals surface area contributed by atoms with Crippen LogP contribution >= 0.6 is 0 Å². The van der Waals surface area contributed by atoms with Crippen molar-refractivity contribution in [1.82, 2.24) is 9.80 Å². The highest BCUT2D eigenvalue weighted by Gasteiger charge is 2.20. The predicted molar refractivity (Wildman–Crippen MR) is 138 cm³/mol. The van der Waals surface area contributed by atoms with Crippen molar-refractivity contribution >= 4 is 11.6 Å². The summed E-state index contributed by atoms with van der Waals surface area (Å²) in [5.74, 6) is 12.3. The van der Waals surface area contributed by atoms with Crippen molar-refractivity contribution in [2.75, 3.05) is 45.1 Å². The third kappa shape index (κ3) is 6.35. The number of hydrogen-bond acceptors (Lipinski definition) is 5. The van der Waals surface area contributed by atoms with E-state index in [1.54, 1.807) is 6.08 Å². The number of hydrogen-bond donors (Lipinski definition) is 2. The van der Waals surface area contributed by atoms with Crippen molar-refractivity contribution in [1.29, 1.82) is 0 Å². The molecule has 0 saturated carbocycles. The molecule has 2 aromatic rings. The second kappa shape index (κ2) is 11.2. The summed E-state index contributed by atoms with van der Waals surface area (Å²) in [5.41, 5.74) is 3.73. The van der Waals surface area contributed by atoms with E-state index in [2.05, 4.69) is 47.5 Å². The lowest BCUT2D eigenvalue weighted by atomic mass is 10.1. The molecule has 1 amide bonds. The number of allylic oxidation sites excluding steroid dienone is 1. The SMILES string of the molecule is C=C1C=COC(CNc2ccc(C#CC#Cc3ccc(C(=O)N4CCN(C)CC4)cc3)cc2)=C1O. The highest BCUT2D eigenvalue weighted by Crippen LogP contribution is 2.19. The first-order chi connectivity index (χ1) is 17.0. The van der Waals surface area contributed by atoms with Gasteiger partial charge in [-0.05, 0) is 73.5 Å². The van der Waals surface area contributed by atoms with E-state index in [0.717, 1.165) is 43.0 Å². The van der Waals surface area contributed by atoms with Gasteiger partial charge in [-0.3, -0.25) is 4.79 Å². The number of piperazine rings is 1. The summed E-state index contributed by atoms with van der Waals surface area (Å²) in [6.45, 7) is 7.41. The van der Waals surface area contributed by atoms with Crippen LogP contribution in [0.4, 0.5) is 5.69 Å². The van der Waals surface area contributed by atoms with Crippen LogP contribution in [0.2, 0.25) is 0 Å². The van der Waals surface area contributed by atoms with Gasteiger partial charge in [-0.1, -0.05) is 18.4 Å². The molecule has 4 rings (SSSR count). The zero-order valence-corrected chi connectivity index (χ0v) is 19.7. The summed E-state index contributed by atoms with van der Waals surface area (Å²) in [5, 5.41) is 13.2. The number of benzene rings is 2. The molecule has 2 N–H and O–H groups in total. The fraction of sp³-hybridized carbons (Fsp3) is 0.207. The Kier molecular flexibility index (Phi) is 7.57. The number of rotatable bonds is 4. The topological polar surface area (TPSA) is 65.0 Å². The van der Waals surface area contributed by atoms with E-state index in [-0.39, 0.29) is 11.7 Å². The molecule has 1 saturated heterocycles. The average Bonchev–Trinajstić information content (AvgIpc) is 2.88. The summed E-state index contributed by atoms with van der Waals surface area (Å²) < 4.78 is 5.33. The minimum Gasteiger partial charge on any atom is -0.504 e.